The zero-order valence-electron chi connectivity index (χ0n) is 13.8. The monoisotopic (exact) mass is 360 g/mol. The van der Waals surface area contributed by atoms with Crippen LogP contribution in [0.5, 0.6) is 11.5 Å². The van der Waals surface area contributed by atoms with E-state index >= 15 is 0 Å². The molecule has 3 N–H and O–H groups in total. The average Bonchev–Trinajstić information content (AvgIpc) is 2.61. The van der Waals surface area contributed by atoms with Gasteiger partial charge in [0.05, 0.1) is 12.2 Å². The lowest BCUT2D eigenvalue weighted by Gasteiger charge is -2.13. The lowest BCUT2D eigenvalue weighted by atomic mass is 10.2. The number of nitrogens with one attached hydrogen (secondary N) is 2. The Labute approximate surface area is 151 Å². The smallest absolute Gasteiger partial charge is 0.261 e. The second-order valence-corrected chi connectivity index (χ2v) is 5.40. The van der Waals surface area contributed by atoms with Crippen LogP contribution in [-0.2, 0) is 4.74 Å². The Balaban J connectivity index is 1.95. The fourth-order valence-electron chi connectivity index (χ4n) is 2.01. The molecule has 0 atom stereocenters. The standard InChI is InChI=1S/C18H20N2O4S/c1-2-23-11-12-24-16-6-4-3-5-15(16)17(22)20-18(25)19-13-7-9-14(21)10-8-13/h3-10,21H,2,11-12H2,1H3,(H2,19,20,22,25). The molecule has 0 unspecified atom stereocenters. The van der Waals surface area contributed by atoms with E-state index in [0.29, 0.717) is 36.8 Å². The summed E-state index contributed by atoms with van der Waals surface area (Å²) >= 11 is 5.14. The van der Waals surface area contributed by atoms with Crippen molar-refractivity contribution in [3.63, 3.8) is 0 Å². The Morgan fingerprint density at radius 3 is 2.56 bits per heavy atom. The highest BCUT2D eigenvalue weighted by Gasteiger charge is 2.13. The summed E-state index contributed by atoms with van der Waals surface area (Å²) in [5, 5.41) is 14.9. The van der Waals surface area contributed by atoms with E-state index in [0.717, 1.165) is 0 Å². The lowest BCUT2D eigenvalue weighted by Crippen LogP contribution is -2.34. The maximum Gasteiger partial charge on any atom is 0.261 e. The van der Waals surface area contributed by atoms with Crippen LogP contribution >= 0.6 is 12.2 Å². The number of phenols is 1. The molecule has 7 heteroatoms. The van der Waals surface area contributed by atoms with Crippen LogP contribution in [0.4, 0.5) is 5.69 Å². The van der Waals surface area contributed by atoms with E-state index in [9.17, 15) is 9.90 Å². The number of phenolic OH excluding ortho intramolecular Hbond substituents is 1. The zero-order valence-corrected chi connectivity index (χ0v) is 14.6. The minimum absolute atomic E-state index is 0.152. The lowest BCUT2D eigenvalue weighted by molar-refractivity contribution is 0.0958. The van der Waals surface area contributed by atoms with Gasteiger partial charge in [-0.15, -0.1) is 0 Å². The first kappa shape index (κ1) is 18.7. The minimum Gasteiger partial charge on any atom is -0.508 e. The number of thiocarbonyl (C=S) groups is 1. The van der Waals surface area contributed by atoms with E-state index in [1.54, 1.807) is 36.4 Å². The van der Waals surface area contributed by atoms with Crippen LogP contribution in [0.25, 0.3) is 0 Å². The van der Waals surface area contributed by atoms with E-state index in [1.807, 2.05) is 6.92 Å². The summed E-state index contributed by atoms with van der Waals surface area (Å²) < 4.78 is 10.8. The molecule has 0 aromatic heterocycles. The average molecular weight is 360 g/mol. The molecule has 0 aliphatic rings. The van der Waals surface area contributed by atoms with Gasteiger partial charge in [0.25, 0.3) is 5.91 Å². The van der Waals surface area contributed by atoms with Gasteiger partial charge in [-0.05, 0) is 55.5 Å². The summed E-state index contributed by atoms with van der Waals surface area (Å²) in [4.78, 5) is 12.4. The van der Waals surface area contributed by atoms with Gasteiger partial charge in [-0.25, -0.2) is 0 Å². The number of para-hydroxylation sites is 1. The highest BCUT2D eigenvalue weighted by atomic mass is 32.1. The number of hydrogen-bond acceptors (Lipinski definition) is 5. The first-order chi connectivity index (χ1) is 12.1. The van der Waals surface area contributed by atoms with Crippen LogP contribution in [0.15, 0.2) is 48.5 Å². The summed E-state index contributed by atoms with van der Waals surface area (Å²) in [6.45, 7) is 3.33. The Hall–Kier alpha value is -2.64. The molecule has 6 nitrogen and oxygen atoms in total. The third kappa shape index (κ3) is 6.06. The van der Waals surface area contributed by atoms with Crippen LogP contribution in [0, 0.1) is 0 Å². The number of carbonyl (C=O) groups is 1. The minimum atomic E-state index is -0.372. The molecule has 0 aliphatic heterocycles. The summed E-state index contributed by atoms with van der Waals surface area (Å²) in [5.41, 5.74) is 1.04. The van der Waals surface area contributed by atoms with Crippen molar-refractivity contribution in [3.8, 4) is 11.5 Å². The number of aromatic hydroxyl groups is 1. The zero-order chi connectivity index (χ0) is 18.1. The molecule has 0 fully saturated rings. The Bertz CT molecular complexity index is 719. The van der Waals surface area contributed by atoms with Gasteiger partial charge in [-0.2, -0.15) is 0 Å². The maximum atomic E-state index is 12.4. The van der Waals surface area contributed by atoms with Crippen molar-refractivity contribution >= 4 is 28.9 Å². The van der Waals surface area contributed by atoms with E-state index in [2.05, 4.69) is 10.6 Å². The predicted octanol–water partition coefficient (Wildman–Crippen LogP) is 2.93. The fraction of sp³-hybridized carbons (Fsp3) is 0.222. The van der Waals surface area contributed by atoms with E-state index < -0.39 is 0 Å². The van der Waals surface area contributed by atoms with Crippen molar-refractivity contribution < 1.29 is 19.4 Å². The van der Waals surface area contributed by atoms with Gasteiger partial charge in [-0.1, -0.05) is 12.1 Å². The highest BCUT2D eigenvalue weighted by Crippen LogP contribution is 2.18. The number of rotatable bonds is 7. The molecule has 0 saturated carbocycles. The predicted molar refractivity (Wildman–Crippen MR) is 100 cm³/mol. The van der Waals surface area contributed by atoms with Gasteiger partial charge < -0.3 is 19.9 Å². The van der Waals surface area contributed by atoms with Gasteiger partial charge in [0.15, 0.2) is 5.11 Å². The molecule has 0 heterocycles. The van der Waals surface area contributed by atoms with Gasteiger partial charge >= 0.3 is 0 Å². The number of amides is 1. The van der Waals surface area contributed by atoms with E-state index in [1.165, 1.54) is 12.1 Å². The highest BCUT2D eigenvalue weighted by molar-refractivity contribution is 7.80. The number of hydrogen-bond donors (Lipinski definition) is 3. The Morgan fingerprint density at radius 1 is 1.12 bits per heavy atom. The van der Waals surface area contributed by atoms with Gasteiger partial charge in [0, 0.05) is 12.3 Å². The Kier molecular flexibility index (Phi) is 7.18. The molecular weight excluding hydrogens is 340 g/mol. The number of benzene rings is 2. The largest absolute Gasteiger partial charge is 0.508 e. The van der Waals surface area contributed by atoms with Crippen LogP contribution in [0.3, 0.4) is 0 Å². The van der Waals surface area contributed by atoms with Crippen molar-refractivity contribution in [3.05, 3.63) is 54.1 Å². The summed E-state index contributed by atoms with van der Waals surface area (Å²) in [5.74, 6) is 0.244. The van der Waals surface area contributed by atoms with Gasteiger partial charge in [0.2, 0.25) is 0 Å². The van der Waals surface area contributed by atoms with Gasteiger partial charge in [0.1, 0.15) is 18.1 Å². The molecule has 0 radical (unpaired) electrons. The first-order valence-corrected chi connectivity index (χ1v) is 8.22. The Morgan fingerprint density at radius 2 is 1.84 bits per heavy atom. The number of ether oxygens (including phenoxy) is 2. The second-order valence-electron chi connectivity index (χ2n) is 5.00. The molecule has 0 aliphatic carbocycles. The summed E-state index contributed by atoms with van der Waals surface area (Å²) in [7, 11) is 0. The van der Waals surface area contributed by atoms with Crippen LogP contribution in [0.1, 0.15) is 17.3 Å². The molecule has 0 bridgehead atoms. The van der Waals surface area contributed by atoms with E-state index in [-0.39, 0.29) is 16.8 Å². The second kappa shape index (κ2) is 9.61. The normalized spacial score (nSPS) is 10.1. The summed E-state index contributed by atoms with van der Waals surface area (Å²) in [6.07, 6.45) is 0. The number of anilines is 1. The molecule has 2 aromatic rings. The van der Waals surface area contributed by atoms with Crippen molar-refractivity contribution in [2.24, 2.45) is 0 Å². The molecular formula is C18H20N2O4S. The molecule has 1 amide bonds. The van der Waals surface area contributed by atoms with Gasteiger partial charge in [-0.3, -0.25) is 10.1 Å². The van der Waals surface area contributed by atoms with Crippen molar-refractivity contribution in [1.29, 1.82) is 0 Å². The van der Waals surface area contributed by atoms with Crippen LogP contribution < -0.4 is 15.4 Å². The SMILES string of the molecule is CCOCCOc1ccccc1C(=O)NC(=S)Nc1ccc(O)cc1. The molecule has 2 aromatic carbocycles. The molecule has 0 saturated heterocycles. The molecule has 132 valence electrons. The van der Waals surface area contributed by atoms with Crippen molar-refractivity contribution in [2.75, 3.05) is 25.1 Å². The molecule has 25 heavy (non-hydrogen) atoms. The quantitative estimate of drug-likeness (QED) is 0.400. The van der Waals surface area contributed by atoms with Crippen LogP contribution in [-0.4, -0.2) is 35.9 Å². The van der Waals surface area contributed by atoms with E-state index in [4.69, 9.17) is 21.7 Å². The van der Waals surface area contributed by atoms with Crippen molar-refractivity contribution in [2.45, 2.75) is 6.92 Å². The molecule has 2 rings (SSSR count). The fourth-order valence-corrected chi connectivity index (χ4v) is 2.22. The molecule has 0 spiro atoms. The number of carbonyl (C=O) groups excluding carboxylic acids is 1. The van der Waals surface area contributed by atoms with Crippen molar-refractivity contribution in [1.82, 2.24) is 5.32 Å². The third-order valence-electron chi connectivity index (χ3n) is 3.17. The summed E-state index contributed by atoms with van der Waals surface area (Å²) in [6, 6.07) is 13.3. The first-order valence-electron chi connectivity index (χ1n) is 7.81. The maximum absolute atomic E-state index is 12.4. The van der Waals surface area contributed by atoms with Crippen LogP contribution in [0.2, 0.25) is 0 Å². The third-order valence-corrected chi connectivity index (χ3v) is 3.38. The topological polar surface area (TPSA) is 79.8 Å².